The minimum Gasteiger partial charge on any atom is -0.385 e. The lowest BCUT2D eigenvalue weighted by Gasteiger charge is -2.18. The fourth-order valence-corrected chi connectivity index (χ4v) is 2.01. The topological polar surface area (TPSA) is 12.0 Å². The minimum atomic E-state index is -0.131. The first-order valence-corrected chi connectivity index (χ1v) is 5.91. The first-order chi connectivity index (χ1) is 7.75. The van der Waals surface area contributed by atoms with Crippen LogP contribution in [0.3, 0.4) is 0 Å². The second-order valence-electron chi connectivity index (χ2n) is 4.50. The lowest BCUT2D eigenvalue weighted by molar-refractivity contribution is 0.504. The number of anilines is 1. The molecule has 2 rings (SSSR count). The zero-order valence-electron chi connectivity index (χ0n) is 9.67. The van der Waals surface area contributed by atoms with Gasteiger partial charge in [-0.15, -0.1) is 0 Å². The van der Waals surface area contributed by atoms with Crippen molar-refractivity contribution in [1.29, 1.82) is 0 Å². The molecule has 0 amide bonds. The third kappa shape index (κ3) is 2.84. The Bertz CT molecular complexity index is 384. The highest BCUT2D eigenvalue weighted by Gasteiger charge is 2.09. The van der Waals surface area contributed by atoms with Gasteiger partial charge in [0.2, 0.25) is 0 Å². The molecular formula is C14H18FN. The summed E-state index contributed by atoms with van der Waals surface area (Å²) in [6.07, 6.45) is 8.03. The lowest BCUT2D eigenvalue weighted by Crippen LogP contribution is -2.15. The van der Waals surface area contributed by atoms with Crippen molar-refractivity contribution < 1.29 is 4.39 Å². The van der Waals surface area contributed by atoms with E-state index in [-0.39, 0.29) is 5.82 Å². The van der Waals surface area contributed by atoms with Crippen molar-refractivity contribution in [3.8, 4) is 0 Å². The Morgan fingerprint density at radius 2 is 2.25 bits per heavy atom. The minimum absolute atomic E-state index is 0.131. The summed E-state index contributed by atoms with van der Waals surface area (Å²) in [4.78, 5) is 0. The van der Waals surface area contributed by atoms with Gasteiger partial charge in [0.05, 0.1) is 0 Å². The molecular weight excluding hydrogens is 201 g/mol. The van der Waals surface area contributed by atoms with E-state index in [0.29, 0.717) is 11.5 Å². The van der Waals surface area contributed by atoms with Gasteiger partial charge in [0.25, 0.3) is 0 Å². The molecule has 0 saturated carbocycles. The van der Waals surface area contributed by atoms with Crippen molar-refractivity contribution >= 4 is 5.69 Å². The van der Waals surface area contributed by atoms with Crippen LogP contribution in [0.4, 0.5) is 10.1 Å². The van der Waals surface area contributed by atoms with Crippen LogP contribution in [0.25, 0.3) is 0 Å². The van der Waals surface area contributed by atoms with Crippen LogP contribution in [-0.2, 0) is 0 Å². The average Bonchev–Trinajstić information content (AvgIpc) is 2.32. The van der Waals surface area contributed by atoms with E-state index in [4.69, 9.17) is 0 Å². The number of allylic oxidation sites excluding steroid dienone is 2. The van der Waals surface area contributed by atoms with Crippen molar-refractivity contribution in [2.24, 2.45) is 5.92 Å². The van der Waals surface area contributed by atoms with E-state index >= 15 is 0 Å². The van der Waals surface area contributed by atoms with Gasteiger partial charge < -0.3 is 5.32 Å². The third-order valence-electron chi connectivity index (χ3n) is 3.14. The second-order valence-corrected chi connectivity index (χ2v) is 4.50. The summed E-state index contributed by atoms with van der Waals surface area (Å²) in [6.45, 7) is 2.72. The predicted molar refractivity (Wildman–Crippen MR) is 66.1 cm³/mol. The van der Waals surface area contributed by atoms with E-state index in [2.05, 4.69) is 17.5 Å². The molecule has 0 saturated heterocycles. The zero-order chi connectivity index (χ0) is 11.4. The number of nitrogens with one attached hydrogen (secondary N) is 1. The molecule has 1 aliphatic carbocycles. The molecule has 1 aliphatic rings. The summed E-state index contributed by atoms with van der Waals surface area (Å²) in [5.74, 6) is 0.558. The van der Waals surface area contributed by atoms with Crippen molar-refractivity contribution in [3.05, 3.63) is 41.7 Å². The number of aryl methyl sites for hydroxylation is 1. The summed E-state index contributed by atoms with van der Waals surface area (Å²) < 4.78 is 13.3. The molecule has 0 bridgehead atoms. The van der Waals surface area contributed by atoms with Crippen LogP contribution in [0.15, 0.2) is 30.4 Å². The largest absolute Gasteiger partial charge is 0.385 e. The van der Waals surface area contributed by atoms with Gasteiger partial charge in [0.15, 0.2) is 0 Å². The van der Waals surface area contributed by atoms with Gasteiger partial charge in [-0.25, -0.2) is 4.39 Å². The molecule has 1 aromatic rings. The Balaban J connectivity index is 1.89. The molecule has 1 N–H and O–H groups in total. The molecule has 0 aliphatic heterocycles. The summed E-state index contributed by atoms with van der Waals surface area (Å²) >= 11 is 0. The van der Waals surface area contributed by atoms with E-state index in [1.165, 1.54) is 12.8 Å². The van der Waals surface area contributed by atoms with Crippen molar-refractivity contribution in [2.75, 3.05) is 11.9 Å². The van der Waals surface area contributed by atoms with Crippen LogP contribution in [0.2, 0.25) is 0 Å². The summed E-state index contributed by atoms with van der Waals surface area (Å²) in [5, 5.41) is 3.31. The highest BCUT2D eigenvalue weighted by Crippen LogP contribution is 2.20. The molecule has 16 heavy (non-hydrogen) atoms. The van der Waals surface area contributed by atoms with E-state index in [1.807, 2.05) is 12.1 Å². The van der Waals surface area contributed by atoms with Crippen LogP contribution in [0.5, 0.6) is 0 Å². The van der Waals surface area contributed by atoms with E-state index < -0.39 is 0 Å². The Labute approximate surface area is 96.4 Å². The van der Waals surface area contributed by atoms with Crippen molar-refractivity contribution in [2.45, 2.75) is 26.2 Å². The van der Waals surface area contributed by atoms with Gasteiger partial charge in [-0.05, 0) is 49.8 Å². The van der Waals surface area contributed by atoms with Gasteiger partial charge in [-0.3, -0.25) is 0 Å². The van der Waals surface area contributed by atoms with Gasteiger partial charge in [0.1, 0.15) is 5.82 Å². The zero-order valence-corrected chi connectivity index (χ0v) is 9.67. The van der Waals surface area contributed by atoms with Gasteiger partial charge in [-0.1, -0.05) is 18.2 Å². The lowest BCUT2D eigenvalue weighted by atomic mass is 9.94. The maximum absolute atomic E-state index is 13.3. The average molecular weight is 219 g/mol. The molecule has 1 unspecified atom stereocenters. The number of benzene rings is 1. The van der Waals surface area contributed by atoms with Gasteiger partial charge >= 0.3 is 0 Å². The van der Waals surface area contributed by atoms with Crippen LogP contribution in [-0.4, -0.2) is 6.54 Å². The Morgan fingerprint density at radius 3 is 2.94 bits per heavy atom. The first-order valence-electron chi connectivity index (χ1n) is 5.91. The third-order valence-corrected chi connectivity index (χ3v) is 3.14. The summed E-state index contributed by atoms with van der Waals surface area (Å²) in [7, 11) is 0. The van der Waals surface area contributed by atoms with Crippen molar-refractivity contribution in [1.82, 2.24) is 0 Å². The number of hydrogen-bond donors (Lipinski definition) is 1. The highest BCUT2D eigenvalue weighted by molar-refractivity contribution is 5.45. The fraction of sp³-hybridized carbons (Fsp3) is 0.429. The summed E-state index contributed by atoms with van der Waals surface area (Å²) in [6, 6.07) is 5.34. The summed E-state index contributed by atoms with van der Waals surface area (Å²) in [5.41, 5.74) is 1.59. The SMILES string of the molecule is Cc1ccc(NCC2CC=CCC2)cc1F. The number of rotatable bonds is 3. The Morgan fingerprint density at radius 1 is 1.38 bits per heavy atom. The second kappa shape index (κ2) is 5.15. The first kappa shape index (κ1) is 11.2. The van der Waals surface area contributed by atoms with Crippen molar-refractivity contribution in [3.63, 3.8) is 0 Å². The van der Waals surface area contributed by atoms with Gasteiger partial charge in [-0.2, -0.15) is 0 Å². The smallest absolute Gasteiger partial charge is 0.128 e. The molecule has 1 atom stereocenters. The monoisotopic (exact) mass is 219 g/mol. The maximum Gasteiger partial charge on any atom is 0.128 e. The molecule has 0 spiro atoms. The Hall–Kier alpha value is -1.31. The molecule has 1 aromatic carbocycles. The van der Waals surface area contributed by atoms with E-state index in [0.717, 1.165) is 18.7 Å². The molecule has 0 radical (unpaired) electrons. The highest BCUT2D eigenvalue weighted by atomic mass is 19.1. The van der Waals surface area contributed by atoms with Crippen LogP contribution in [0, 0.1) is 18.7 Å². The van der Waals surface area contributed by atoms with Crippen LogP contribution in [0.1, 0.15) is 24.8 Å². The number of halogens is 1. The van der Waals surface area contributed by atoms with Gasteiger partial charge in [0, 0.05) is 12.2 Å². The standard InChI is InChI=1S/C14H18FN/c1-11-7-8-13(9-14(11)15)16-10-12-5-3-2-4-6-12/h2-3,7-9,12,16H,4-6,10H2,1H3. The fourth-order valence-electron chi connectivity index (χ4n) is 2.01. The van der Waals surface area contributed by atoms with E-state index in [1.54, 1.807) is 13.0 Å². The van der Waals surface area contributed by atoms with Crippen LogP contribution < -0.4 is 5.32 Å². The molecule has 0 aromatic heterocycles. The molecule has 0 fully saturated rings. The quantitative estimate of drug-likeness (QED) is 0.760. The molecule has 1 nitrogen and oxygen atoms in total. The Kier molecular flexibility index (Phi) is 3.60. The normalized spacial score (nSPS) is 19.8. The predicted octanol–water partition coefficient (Wildman–Crippen LogP) is 3.90. The molecule has 0 heterocycles. The van der Waals surface area contributed by atoms with E-state index in [9.17, 15) is 4.39 Å². The molecule has 2 heteroatoms. The maximum atomic E-state index is 13.3. The molecule has 86 valence electrons. The van der Waals surface area contributed by atoms with Crippen LogP contribution >= 0.6 is 0 Å². The number of hydrogen-bond acceptors (Lipinski definition) is 1.